The maximum absolute atomic E-state index is 6.28. The molecule has 0 unspecified atom stereocenters. The molecule has 0 amide bonds. The summed E-state index contributed by atoms with van der Waals surface area (Å²) in [6.07, 6.45) is 2.05. The van der Waals surface area contributed by atoms with Crippen molar-refractivity contribution in [3.05, 3.63) is 39.5 Å². The van der Waals surface area contributed by atoms with Crippen molar-refractivity contribution in [3.63, 3.8) is 0 Å². The first-order valence-electron chi connectivity index (χ1n) is 6.23. The molecule has 1 aliphatic carbocycles. The van der Waals surface area contributed by atoms with E-state index in [1.807, 2.05) is 6.07 Å². The molecule has 100 valence electrons. The third-order valence-electron chi connectivity index (χ3n) is 3.80. The van der Waals surface area contributed by atoms with Gasteiger partial charge in [0.2, 0.25) is 0 Å². The smallest absolute Gasteiger partial charge is 0.131 e. The number of anilines is 1. The average Bonchev–Trinajstić information content (AvgIpc) is 2.79. The normalized spacial score (nSPS) is 16.6. The minimum absolute atomic E-state index is 0.0799. The lowest BCUT2D eigenvalue weighted by atomic mass is 9.87. The maximum atomic E-state index is 6.28. The Kier molecular flexibility index (Phi) is 2.80. The summed E-state index contributed by atoms with van der Waals surface area (Å²) in [7, 11) is 0. The van der Waals surface area contributed by atoms with Crippen LogP contribution in [0.1, 0.15) is 31.5 Å². The van der Waals surface area contributed by atoms with Crippen molar-refractivity contribution in [2.24, 2.45) is 0 Å². The van der Waals surface area contributed by atoms with Crippen molar-refractivity contribution in [2.75, 3.05) is 5.73 Å². The molecule has 0 atom stereocenters. The fourth-order valence-corrected chi connectivity index (χ4v) is 3.27. The molecule has 0 saturated heterocycles. The largest absolute Gasteiger partial charge is 0.383 e. The molecule has 1 aromatic heterocycles. The lowest BCUT2D eigenvalue weighted by Crippen LogP contribution is -2.15. The molecule has 0 aliphatic heterocycles. The minimum atomic E-state index is 0.0799. The van der Waals surface area contributed by atoms with Crippen molar-refractivity contribution in [1.29, 1.82) is 0 Å². The lowest BCUT2D eigenvalue weighted by molar-refractivity contribution is 0.519. The molecule has 2 aromatic rings. The molecule has 0 bridgehead atoms. The number of aromatic nitrogens is 2. The number of aryl methyl sites for hydroxylation is 1. The van der Waals surface area contributed by atoms with E-state index in [-0.39, 0.29) is 5.41 Å². The minimum Gasteiger partial charge on any atom is -0.383 e. The number of hydrogen-bond donors (Lipinski definition) is 1. The topological polar surface area (TPSA) is 43.8 Å². The monoisotopic (exact) mass is 295 g/mol. The van der Waals surface area contributed by atoms with E-state index in [0.29, 0.717) is 15.9 Å². The van der Waals surface area contributed by atoms with E-state index in [4.69, 9.17) is 28.9 Å². The van der Waals surface area contributed by atoms with Gasteiger partial charge < -0.3 is 5.73 Å². The van der Waals surface area contributed by atoms with Gasteiger partial charge in [0.25, 0.3) is 0 Å². The molecular weight excluding hydrogens is 281 g/mol. The van der Waals surface area contributed by atoms with Gasteiger partial charge >= 0.3 is 0 Å². The van der Waals surface area contributed by atoms with Crippen LogP contribution in [0.5, 0.6) is 0 Å². The van der Waals surface area contributed by atoms with E-state index in [2.05, 4.69) is 18.9 Å². The van der Waals surface area contributed by atoms with Gasteiger partial charge in [-0.2, -0.15) is 5.10 Å². The fourth-order valence-electron chi connectivity index (χ4n) is 2.78. The first-order chi connectivity index (χ1) is 8.90. The summed E-state index contributed by atoms with van der Waals surface area (Å²) in [4.78, 5) is 0. The number of hydrogen-bond acceptors (Lipinski definition) is 2. The van der Waals surface area contributed by atoms with E-state index in [0.717, 1.165) is 29.8 Å². The molecule has 0 saturated carbocycles. The summed E-state index contributed by atoms with van der Waals surface area (Å²) in [5, 5.41) is 5.77. The second-order valence-electron chi connectivity index (χ2n) is 5.60. The molecule has 0 spiro atoms. The van der Waals surface area contributed by atoms with Crippen LogP contribution in [0.3, 0.4) is 0 Å². The summed E-state index contributed by atoms with van der Waals surface area (Å²) in [5.74, 6) is 0.682. The van der Waals surface area contributed by atoms with Crippen molar-refractivity contribution in [3.8, 4) is 5.69 Å². The predicted octanol–water partition coefficient (Wildman–Crippen LogP) is 3.99. The highest BCUT2D eigenvalue weighted by molar-refractivity contribution is 6.35. The highest BCUT2D eigenvalue weighted by Gasteiger charge is 2.36. The van der Waals surface area contributed by atoms with Crippen LogP contribution in [0.25, 0.3) is 5.69 Å². The quantitative estimate of drug-likeness (QED) is 0.865. The fraction of sp³-hybridized carbons (Fsp3) is 0.357. The number of nitrogens with two attached hydrogens (primary N) is 1. The molecule has 0 radical (unpaired) electrons. The molecule has 19 heavy (non-hydrogen) atoms. The molecule has 3 nitrogen and oxygen atoms in total. The maximum Gasteiger partial charge on any atom is 0.131 e. The Balaban J connectivity index is 2.18. The molecule has 2 N–H and O–H groups in total. The van der Waals surface area contributed by atoms with Gasteiger partial charge in [0.1, 0.15) is 5.82 Å². The SMILES string of the molecule is CC1(C)CCc2nn(-c3ccc(Cl)cc3Cl)c(N)c21. The van der Waals surface area contributed by atoms with Gasteiger partial charge in [-0.15, -0.1) is 0 Å². The van der Waals surface area contributed by atoms with Crippen LogP contribution < -0.4 is 5.73 Å². The van der Waals surface area contributed by atoms with E-state index < -0.39 is 0 Å². The summed E-state index contributed by atoms with van der Waals surface area (Å²) in [6.45, 7) is 4.40. The standard InChI is InChI=1S/C14H15Cl2N3/c1-14(2)6-5-10-12(14)13(17)19(18-10)11-4-3-8(15)7-9(11)16/h3-4,7H,5-6,17H2,1-2H3. The van der Waals surface area contributed by atoms with Crippen LogP contribution in [0, 0.1) is 0 Å². The van der Waals surface area contributed by atoms with E-state index in [9.17, 15) is 0 Å². The molecule has 0 fully saturated rings. The van der Waals surface area contributed by atoms with Gasteiger partial charge in [-0.1, -0.05) is 37.0 Å². The number of nitrogen functional groups attached to an aromatic ring is 1. The third-order valence-corrected chi connectivity index (χ3v) is 4.33. The Labute approximate surface area is 122 Å². The first-order valence-corrected chi connectivity index (χ1v) is 6.99. The molecule has 1 aromatic carbocycles. The lowest BCUT2D eigenvalue weighted by Gasteiger charge is -2.19. The van der Waals surface area contributed by atoms with Crippen LogP contribution in [0.2, 0.25) is 10.0 Å². The second kappa shape index (κ2) is 4.15. The molecule has 1 aliphatic rings. The Hall–Kier alpha value is -1.19. The van der Waals surface area contributed by atoms with Crippen LogP contribution >= 0.6 is 23.2 Å². The van der Waals surface area contributed by atoms with Crippen LogP contribution in [-0.2, 0) is 11.8 Å². The third kappa shape index (κ3) is 1.92. The van der Waals surface area contributed by atoms with Crippen LogP contribution in [0.15, 0.2) is 18.2 Å². The van der Waals surface area contributed by atoms with Gasteiger partial charge in [-0.05, 0) is 36.5 Å². The van der Waals surface area contributed by atoms with Gasteiger partial charge in [0.05, 0.1) is 16.4 Å². The van der Waals surface area contributed by atoms with Gasteiger partial charge in [-0.25, -0.2) is 4.68 Å². The number of benzene rings is 1. The Morgan fingerprint density at radius 3 is 2.68 bits per heavy atom. The molecule has 5 heteroatoms. The molecule has 3 rings (SSSR count). The Bertz CT molecular complexity index is 659. The van der Waals surface area contributed by atoms with Crippen LogP contribution in [0.4, 0.5) is 5.82 Å². The van der Waals surface area contributed by atoms with E-state index in [1.54, 1.807) is 16.8 Å². The number of rotatable bonds is 1. The average molecular weight is 296 g/mol. The predicted molar refractivity (Wildman–Crippen MR) is 79.3 cm³/mol. The molecule has 1 heterocycles. The van der Waals surface area contributed by atoms with Gasteiger partial charge in [0, 0.05) is 10.6 Å². The van der Waals surface area contributed by atoms with E-state index in [1.165, 1.54) is 0 Å². The number of nitrogens with zero attached hydrogens (tertiary/aromatic N) is 2. The van der Waals surface area contributed by atoms with E-state index >= 15 is 0 Å². The summed E-state index contributed by atoms with van der Waals surface area (Å²) in [5.41, 5.74) is 9.36. The number of halogens is 2. The van der Waals surface area contributed by atoms with Gasteiger partial charge in [0.15, 0.2) is 0 Å². The Morgan fingerprint density at radius 1 is 1.32 bits per heavy atom. The van der Waals surface area contributed by atoms with Crippen molar-refractivity contribution in [1.82, 2.24) is 9.78 Å². The Morgan fingerprint density at radius 2 is 2.05 bits per heavy atom. The van der Waals surface area contributed by atoms with Crippen molar-refractivity contribution < 1.29 is 0 Å². The summed E-state index contributed by atoms with van der Waals surface area (Å²) >= 11 is 12.1. The summed E-state index contributed by atoms with van der Waals surface area (Å²) < 4.78 is 1.73. The highest BCUT2D eigenvalue weighted by Crippen LogP contribution is 2.42. The van der Waals surface area contributed by atoms with Crippen molar-refractivity contribution in [2.45, 2.75) is 32.1 Å². The highest BCUT2D eigenvalue weighted by atomic mass is 35.5. The zero-order valence-corrected chi connectivity index (χ0v) is 12.4. The second-order valence-corrected chi connectivity index (χ2v) is 6.44. The number of fused-ring (bicyclic) bond motifs is 1. The van der Waals surface area contributed by atoms with Gasteiger partial charge in [-0.3, -0.25) is 0 Å². The van der Waals surface area contributed by atoms with Crippen molar-refractivity contribution >= 4 is 29.0 Å². The summed E-state index contributed by atoms with van der Waals surface area (Å²) in [6, 6.07) is 5.34. The first kappa shape index (κ1) is 12.8. The zero-order chi connectivity index (χ0) is 13.8. The molecular formula is C14H15Cl2N3. The van der Waals surface area contributed by atoms with Crippen LogP contribution in [-0.4, -0.2) is 9.78 Å². The zero-order valence-electron chi connectivity index (χ0n) is 10.9.